The molecule has 6 rings (SSSR count). The summed E-state index contributed by atoms with van der Waals surface area (Å²) in [6, 6.07) is 47.3. The van der Waals surface area contributed by atoms with Gasteiger partial charge in [0, 0.05) is 35.6 Å². The van der Waals surface area contributed by atoms with Gasteiger partial charge in [-0.1, -0.05) is 72.8 Å². The SMILES string of the molecule is CCOc1ccc(N(C)c2ccc(/C(=C3/C(c4ccccc4)=[N+](C)c4ccccc43)c3ccccc3)cc2)cc1.[Cl-].[Cl-].[NH4+]. The molecule has 0 bridgehead atoms. The number of anilines is 2. The van der Waals surface area contributed by atoms with Gasteiger partial charge in [0.1, 0.15) is 12.8 Å². The molecule has 0 unspecified atom stereocenters. The lowest BCUT2D eigenvalue weighted by Crippen LogP contribution is -3.00. The molecule has 4 nitrogen and oxygen atoms in total. The molecule has 1 heterocycles. The van der Waals surface area contributed by atoms with E-state index in [4.69, 9.17) is 4.74 Å². The lowest BCUT2D eigenvalue weighted by molar-refractivity contribution is -0.400. The van der Waals surface area contributed by atoms with E-state index >= 15 is 0 Å². The van der Waals surface area contributed by atoms with Gasteiger partial charge in [0.15, 0.2) is 0 Å². The first-order valence-electron chi connectivity index (χ1n) is 13.8. The van der Waals surface area contributed by atoms with Crippen LogP contribution in [0.15, 0.2) is 133 Å². The van der Waals surface area contributed by atoms with Crippen molar-refractivity contribution in [2.75, 3.05) is 25.6 Å². The summed E-state index contributed by atoms with van der Waals surface area (Å²) >= 11 is 0. The second-order valence-corrected chi connectivity index (χ2v) is 9.94. The minimum atomic E-state index is 0. The van der Waals surface area contributed by atoms with Gasteiger partial charge in [-0.15, -0.1) is 0 Å². The number of allylic oxidation sites excluding steroid dienone is 1. The van der Waals surface area contributed by atoms with Crippen LogP contribution in [0.25, 0.3) is 11.1 Å². The number of halogens is 2. The van der Waals surface area contributed by atoms with Crippen LogP contribution in [0.3, 0.4) is 0 Å². The number of nitrogens with zero attached hydrogens (tertiary/aromatic N) is 2. The summed E-state index contributed by atoms with van der Waals surface area (Å²) in [6.45, 7) is 2.67. The highest BCUT2D eigenvalue weighted by Gasteiger charge is 2.36. The molecule has 0 atom stereocenters. The molecule has 4 N–H and O–H groups in total. The summed E-state index contributed by atoms with van der Waals surface area (Å²) in [5.74, 6) is 0.890. The minimum absolute atomic E-state index is 0. The summed E-state index contributed by atoms with van der Waals surface area (Å²) in [6.07, 6.45) is 0. The van der Waals surface area contributed by atoms with Crippen molar-refractivity contribution in [1.82, 2.24) is 6.15 Å². The Balaban J connectivity index is 0.00000169. The molecule has 0 aromatic heterocycles. The Hall–Kier alpha value is -4.35. The Morgan fingerprint density at radius 2 is 1.16 bits per heavy atom. The lowest BCUT2D eigenvalue weighted by Gasteiger charge is -2.21. The van der Waals surface area contributed by atoms with Crippen LogP contribution in [0, 0.1) is 0 Å². The third-order valence-corrected chi connectivity index (χ3v) is 7.54. The molecule has 0 spiro atoms. The highest BCUT2D eigenvalue weighted by atomic mass is 35.5. The molecule has 1 aliphatic rings. The van der Waals surface area contributed by atoms with E-state index in [0.29, 0.717) is 6.61 Å². The number of benzene rings is 5. The van der Waals surface area contributed by atoms with Gasteiger partial charge in [-0.3, -0.25) is 0 Å². The molecule has 220 valence electrons. The van der Waals surface area contributed by atoms with Crippen molar-refractivity contribution < 1.29 is 34.1 Å². The summed E-state index contributed by atoms with van der Waals surface area (Å²) in [7, 11) is 4.27. The van der Waals surface area contributed by atoms with E-state index in [1.807, 2.05) is 19.1 Å². The molecule has 0 aliphatic carbocycles. The summed E-state index contributed by atoms with van der Waals surface area (Å²) < 4.78 is 7.95. The predicted molar refractivity (Wildman–Crippen MR) is 173 cm³/mol. The minimum Gasteiger partial charge on any atom is -1.00 e. The van der Waals surface area contributed by atoms with Crippen molar-refractivity contribution >= 4 is 33.9 Å². The first-order valence-corrected chi connectivity index (χ1v) is 13.8. The highest BCUT2D eigenvalue weighted by Crippen LogP contribution is 2.43. The predicted octanol–water partition coefficient (Wildman–Crippen LogP) is 2.97. The van der Waals surface area contributed by atoms with Crippen LogP contribution >= 0.6 is 0 Å². The van der Waals surface area contributed by atoms with E-state index in [1.165, 1.54) is 44.8 Å². The fourth-order valence-electron chi connectivity index (χ4n) is 5.57. The third kappa shape index (κ3) is 6.52. The molecule has 0 amide bonds. The lowest BCUT2D eigenvalue weighted by atomic mass is 9.86. The molecule has 43 heavy (non-hydrogen) atoms. The van der Waals surface area contributed by atoms with E-state index in [-0.39, 0.29) is 31.0 Å². The van der Waals surface area contributed by atoms with E-state index in [0.717, 1.165) is 17.1 Å². The normalized spacial score (nSPS) is 12.7. The smallest absolute Gasteiger partial charge is 0.221 e. The summed E-state index contributed by atoms with van der Waals surface area (Å²) in [5.41, 5.74) is 12.0. The maximum absolute atomic E-state index is 5.62. The van der Waals surface area contributed by atoms with Crippen LogP contribution in [-0.2, 0) is 0 Å². The molecule has 5 aromatic rings. The van der Waals surface area contributed by atoms with Crippen LogP contribution in [-0.4, -0.2) is 31.0 Å². The number of ether oxygens (including phenoxy) is 1. The molecular formula is C37H37Cl2N3O. The first kappa shape index (κ1) is 33.2. The zero-order valence-electron chi connectivity index (χ0n) is 25.0. The molecule has 0 saturated carbocycles. The summed E-state index contributed by atoms with van der Waals surface area (Å²) in [5, 5.41) is 0. The second-order valence-electron chi connectivity index (χ2n) is 9.94. The molecule has 6 heteroatoms. The number of para-hydroxylation sites is 1. The van der Waals surface area contributed by atoms with Crippen LogP contribution < -0.4 is 40.6 Å². The average Bonchev–Trinajstić information content (AvgIpc) is 3.30. The van der Waals surface area contributed by atoms with Crippen molar-refractivity contribution in [3.8, 4) is 5.75 Å². The number of rotatable bonds is 7. The maximum Gasteiger partial charge on any atom is 0.221 e. The standard InChI is InChI=1S/C37H33N2O.2ClH.H3N/c1-4-40-32-25-23-31(24-26-32)38(2)30-21-19-28(20-22-30)35(27-13-7-5-8-14-27)36-33-17-11-12-18-34(33)39(3)37(36)29-15-9-6-10-16-29;;;/h5-26H,4H2,1-3H3;2*1H;1H3/q+1;;;/p-1. The Morgan fingerprint density at radius 1 is 0.651 bits per heavy atom. The van der Waals surface area contributed by atoms with Crippen LogP contribution in [0.1, 0.15) is 29.2 Å². The van der Waals surface area contributed by atoms with Crippen LogP contribution in [0.5, 0.6) is 5.75 Å². The highest BCUT2D eigenvalue weighted by molar-refractivity contribution is 6.38. The molecule has 0 fully saturated rings. The molecule has 5 aromatic carbocycles. The Kier molecular flexibility index (Phi) is 11.3. The van der Waals surface area contributed by atoms with Gasteiger partial charge in [0.25, 0.3) is 0 Å². The average molecular weight is 611 g/mol. The maximum atomic E-state index is 5.62. The van der Waals surface area contributed by atoms with E-state index in [2.05, 4.69) is 145 Å². The van der Waals surface area contributed by atoms with Gasteiger partial charge >= 0.3 is 0 Å². The molecular weight excluding hydrogens is 573 g/mol. The second kappa shape index (κ2) is 14.7. The number of hydrogen-bond donors (Lipinski definition) is 1. The van der Waals surface area contributed by atoms with Crippen molar-refractivity contribution in [2.45, 2.75) is 6.92 Å². The Bertz CT molecular complexity index is 1700. The Labute approximate surface area is 267 Å². The number of hydrogen-bond acceptors (Lipinski definition) is 2. The van der Waals surface area contributed by atoms with E-state index < -0.39 is 0 Å². The van der Waals surface area contributed by atoms with Crippen molar-refractivity contribution in [3.05, 3.63) is 156 Å². The Morgan fingerprint density at radius 3 is 1.77 bits per heavy atom. The first-order chi connectivity index (χ1) is 19.7. The zero-order chi connectivity index (χ0) is 27.5. The number of fused-ring (bicyclic) bond motifs is 1. The fourth-order valence-corrected chi connectivity index (χ4v) is 5.57. The van der Waals surface area contributed by atoms with Gasteiger partial charge in [0.2, 0.25) is 11.4 Å². The number of quaternary nitrogens is 1. The fraction of sp³-hybridized carbons (Fsp3) is 0.108. The van der Waals surface area contributed by atoms with E-state index in [9.17, 15) is 0 Å². The molecule has 0 saturated heterocycles. The van der Waals surface area contributed by atoms with Gasteiger partial charge < -0.3 is 40.6 Å². The van der Waals surface area contributed by atoms with Crippen molar-refractivity contribution in [1.29, 1.82) is 0 Å². The van der Waals surface area contributed by atoms with Gasteiger partial charge in [-0.25, -0.2) is 0 Å². The molecule has 1 aliphatic heterocycles. The molecule has 0 radical (unpaired) electrons. The largest absolute Gasteiger partial charge is 1.00 e. The van der Waals surface area contributed by atoms with Crippen LogP contribution in [0.4, 0.5) is 17.1 Å². The van der Waals surface area contributed by atoms with Gasteiger partial charge in [-0.2, -0.15) is 4.58 Å². The monoisotopic (exact) mass is 609 g/mol. The van der Waals surface area contributed by atoms with Crippen molar-refractivity contribution in [2.24, 2.45) is 0 Å². The van der Waals surface area contributed by atoms with Gasteiger partial charge in [-0.05, 0) is 72.6 Å². The third-order valence-electron chi connectivity index (χ3n) is 7.54. The van der Waals surface area contributed by atoms with Crippen LogP contribution in [0.2, 0.25) is 0 Å². The van der Waals surface area contributed by atoms with Gasteiger partial charge in [0.05, 0.1) is 17.7 Å². The van der Waals surface area contributed by atoms with Crippen molar-refractivity contribution in [3.63, 3.8) is 0 Å². The quantitative estimate of drug-likeness (QED) is 0.289. The topological polar surface area (TPSA) is 52.0 Å². The van der Waals surface area contributed by atoms with E-state index in [1.54, 1.807) is 0 Å². The summed E-state index contributed by atoms with van der Waals surface area (Å²) in [4.78, 5) is 2.20. The zero-order valence-corrected chi connectivity index (χ0v) is 26.5.